The van der Waals surface area contributed by atoms with E-state index in [1.54, 1.807) is 23.2 Å². The van der Waals surface area contributed by atoms with E-state index in [0.717, 1.165) is 12.1 Å². The van der Waals surface area contributed by atoms with Crippen LogP contribution in [0.1, 0.15) is 25.1 Å². The first-order valence-corrected chi connectivity index (χ1v) is 5.74. The first-order chi connectivity index (χ1) is 8.11. The number of rotatable bonds is 3. The highest BCUT2D eigenvalue weighted by Gasteiger charge is 2.11. The van der Waals surface area contributed by atoms with E-state index in [2.05, 4.69) is 4.98 Å². The quantitative estimate of drug-likeness (QED) is 0.914. The molecule has 0 radical (unpaired) electrons. The predicted octanol–water partition coefficient (Wildman–Crippen LogP) is 3.07. The molecule has 1 atom stereocenters. The average Bonchev–Trinajstić information content (AvgIpc) is 2.75. The van der Waals surface area contributed by atoms with E-state index >= 15 is 0 Å². The van der Waals surface area contributed by atoms with Gasteiger partial charge in [-0.25, -0.2) is 9.37 Å². The Morgan fingerprint density at radius 1 is 1.47 bits per heavy atom. The molecule has 3 nitrogen and oxygen atoms in total. The van der Waals surface area contributed by atoms with Gasteiger partial charge in [-0.15, -0.1) is 0 Å². The van der Waals surface area contributed by atoms with Crippen molar-refractivity contribution in [2.24, 2.45) is 5.73 Å². The van der Waals surface area contributed by atoms with Crippen molar-refractivity contribution in [1.29, 1.82) is 0 Å². The molecule has 0 aliphatic carbocycles. The molecule has 0 bridgehead atoms. The summed E-state index contributed by atoms with van der Waals surface area (Å²) >= 11 is 5.83. The number of hydrogen-bond acceptors (Lipinski definition) is 2. The highest BCUT2D eigenvalue weighted by molar-refractivity contribution is 6.30. The summed E-state index contributed by atoms with van der Waals surface area (Å²) in [5.74, 6) is -0.378. The Morgan fingerprint density at radius 2 is 2.24 bits per heavy atom. The molecule has 2 rings (SSSR count). The minimum absolute atomic E-state index is 0.125. The number of hydrogen-bond donors (Lipinski definition) is 1. The van der Waals surface area contributed by atoms with E-state index in [9.17, 15) is 4.39 Å². The molecule has 5 heteroatoms. The van der Waals surface area contributed by atoms with Gasteiger partial charge in [-0.3, -0.25) is 0 Å². The normalized spacial score (nSPS) is 12.7. The Kier molecular flexibility index (Phi) is 3.45. The number of halogens is 2. The van der Waals surface area contributed by atoms with Gasteiger partial charge in [0.15, 0.2) is 0 Å². The lowest BCUT2D eigenvalue weighted by Gasteiger charge is -2.13. The van der Waals surface area contributed by atoms with Crippen molar-refractivity contribution in [2.75, 3.05) is 0 Å². The molecule has 1 aromatic heterocycles. The van der Waals surface area contributed by atoms with Crippen LogP contribution in [-0.2, 0) is 0 Å². The van der Waals surface area contributed by atoms with Crippen molar-refractivity contribution in [3.8, 4) is 5.69 Å². The van der Waals surface area contributed by atoms with Gasteiger partial charge in [-0.05, 0) is 24.6 Å². The van der Waals surface area contributed by atoms with Gasteiger partial charge in [-0.2, -0.15) is 0 Å². The lowest BCUT2D eigenvalue weighted by molar-refractivity contribution is 0.623. The maximum atomic E-state index is 13.3. The van der Waals surface area contributed by atoms with Crippen LogP contribution in [-0.4, -0.2) is 9.55 Å². The van der Waals surface area contributed by atoms with Gasteiger partial charge in [0.1, 0.15) is 5.82 Å². The average molecular weight is 254 g/mol. The van der Waals surface area contributed by atoms with Crippen molar-refractivity contribution in [2.45, 2.75) is 19.4 Å². The van der Waals surface area contributed by atoms with Crippen molar-refractivity contribution >= 4 is 11.6 Å². The van der Waals surface area contributed by atoms with E-state index in [0.29, 0.717) is 10.7 Å². The molecule has 1 heterocycles. The fourth-order valence-corrected chi connectivity index (χ4v) is 1.90. The number of imidazole rings is 1. The van der Waals surface area contributed by atoms with Gasteiger partial charge in [0.2, 0.25) is 0 Å². The van der Waals surface area contributed by atoms with E-state index in [-0.39, 0.29) is 11.9 Å². The number of nitrogens with zero attached hydrogens (tertiary/aromatic N) is 2. The zero-order valence-corrected chi connectivity index (χ0v) is 10.2. The third kappa shape index (κ3) is 2.48. The summed E-state index contributed by atoms with van der Waals surface area (Å²) in [6, 6.07) is 4.22. The second-order valence-electron chi connectivity index (χ2n) is 3.83. The van der Waals surface area contributed by atoms with E-state index in [1.165, 1.54) is 12.1 Å². The van der Waals surface area contributed by atoms with Gasteiger partial charge in [0.25, 0.3) is 0 Å². The first kappa shape index (κ1) is 12.1. The zero-order valence-electron chi connectivity index (χ0n) is 9.40. The Hall–Kier alpha value is -1.39. The topological polar surface area (TPSA) is 43.8 Å². The Bertz CT molecular complexity index is 504. The molecule has 90 valence electrons. The van der Waals surface area contributed by atoms with Crippen LogP contribution in [0.4, 0.5) is 4.39 Å². The standard InChI is InChI=1S/C12H13ClFN3/c1-2-11(15)12-6-16-7-17(12)10-4-8(13)3-9(14)5-10/h3-7,11H,2,15H2,1H3/t11-/m1/s1. The summed E-state index contributed by atoms with van der Waals surface area (Å²) in [7, 11) is 0. The molecule has 0 amide bonds. The van der Waals surface area contributed by atoms with Gasteiger partial charge < -0.3 is 10.3 Å². The fraction of sp³-hybridized carbons (Fsp3) is 0.250. The van der Waals surface area contributed by atoms with Crippen LogP contribution in [0.15, 0.2) is 30.7 Å². The van der Waals surface area contributed by atoms with Crippen LogP contribution >= 0.6 is 11.6 Å². The van der Waals surface area contributed by atoms with Gasteiger partial charge in [0.05, 0.1) is 23.9 Å². The lowest BCUT2D eigenvalue weighted by atomic mass is 10.2. The summed E-state index contributed by atoms with van der Waals surface area (Å²) in [6.07, 6.45) is 4.08. The molecule has 0 aliphatic heterocycles. The van der Waals surface area contributed by atoms with Crippen LogP contribution in [0, 0.1) is 5.82 Å². The van der Waals surface area contributed by atoms with Crippen LogP contribution in [0.25, 0.3) is 5.69 Å². The monoisotopic (exact) mass is 253 g/mol. The molecule has 0 saturated carbocycles. The van der Waals surface area contributed by atoms with Gasteiger partial charge >= 0.3 is 0 Å². The summed E-state index contributed by atoms with van der Waals surface area (Å²) in [5, 5.41) is 0.352. The van der Waals surface area contributed by atoms with Crippen molar-refractivity contribution in [1.82, 2.24) is 9.55 Å². The molecular formula is C12H13ClFN3. The molecule has 2 aromatic rings. The predicted molar refractivity (Wildman–Crippen MR) is 65.8 cm³/mol. The zero-order chi connectivity index (χ0) is 12.4. The molecule has 0 spiro atoms. The summed E-state index contributed by atoms with van der Waals surface area (Å²) < 4.78 is 15.0. The molecule has 0 unspecified atom stereocenters. The van der Waals surface area contributed by atoms with Gasteiger partial charge in [-0.1, -0.05) is 18.5 Å². The summed E-state index contributed by atoms with van der Waals surface area (Å²) in [5.41, 5.74) is 7.44. The smallest absolute Gasteiger partial charge is 0.126 e. The van der Waals surface area contributed by atoms with Crippen molar-refractivity contribution < 1.29 is 4.39 Å². The lowest BCUT2D eigenvalue weighted by Crippen LogP contribution is -2.13. The maximum Gasteiger partial charge on any atom is 0.126 e. The second-order valence-corrected chi connectivity index (χ2v) is 4.27. The molecule has 17 heavy (non-hydrogen) atoms. The number of aromatic nitrogens is 2. The van der Waals surface area contributed by atoms with Crippen LogP contribution in [0.2, 0.25) is 5.02 Å². The minimum atomic E-state index is -0.378. The van der Waals surface area contributed by atoms with Crippen molar-refractivity contribution in [3.63, 3.8) is 0 Å². The number of nitrogens with two attached hydrogens (primary N) is 1. The Labute approximate surface area is 104 Å². The Balaban J connectivity index is 2.49. The van der Waals surface area contributed by atoms with E-state index in [1.807, 2.05) is 6.92 Å². The third-order valence-electron chi connectivity index (χ3n) is 2.61. The highest BCUT2D eigenvalue weighted by Crippen LogP contribution is 2.22. The molecule has 0 fully saturated rings. The largest absolute Gasteiger partial charge is 0.323 e. The van der Waals surface area contributed by atoms with Gasteiger partial charge in [0, 0.05) is 11.1 Å². The van der Waals surface area contributed by atoms with Crippen molar-refractivity contribution in [3.05, 3.63) is 47.3 Å². The fourth-order valence-electron chi connectivity index (χ4n) is 1.68. The third-order valence-corrected chi connectivity index (χ3v) is 2.83. The molecule has 2 N–H and O–H groups in total. The molecule has 0 saturated heterocycles. The second kappa shape index (κ2) is 4.85. The van der Waals surface area contributed by atoms with E-state index < -0.39 is 0 Å². The first-order valence-electron chi connectivity index (χ1n) is 5.36. The molecular weight excluding hydrogens is 241 g/mol. The maximum absolute atomic E-state index is 13.3. The minimum Gasteiger partial charge on any atom is -0.323 e. The van der Waals surface area contributed by atoms with Crippen LogP contribution in [0.5, 0.6) is 0 Å². The number of benzene rings is 1. The summed E-state index contributed by atoms with van der Waals surface area (Å²) in [6.45, 7) is 1.99. The van der Waals surface area contributed by atoms with Crippen LogP contribution < -0.4 is 5.73 Å². The Morgan fingerprint density at radius 3 is 2.88 bits per heavy atom. The SMILES string of the molecule is CC[C@@H](N)c1cncn1-c1cc(F)cc(Cl)c1. The molecule has 1 aromatic carbocycles. The molecule has 0 aliphatic rings. The highest BCUT2D eigenvalue weighted by atomic mass is 35.5. The van der Waals surface area contributed by atoms with E-state index in [4.69, 9.17) is 17.3 Å². The summed E-state index contributed by atoms with van der Waals surface area (Å²) in [4.78, 5) is 4.04. The van der Waals surface area contributed by atoms with Crippen LogP contribution in [0.3, 0.4) is 0 Å².